The molecule has 142 valence electrons. The van der Waals surface area contributed by atoms with Crippen molar-refractivity contribution < 1.29 is 18.7 Å². The highest BCUT2D eigenvalue weighted by atomic mass is 35.5. The molecule has 2 amide bonds. The Bertz CT molecular complexity index is 884. The van der Waals surface area contributed by atoms with Crippen molar-refractivity contribution in [3.8, 4) is 0 Å². The summed E-state index contributed by atoms with van der Waals surface area (Å²) in [6.45, 7) is 3.31. The fourth-order valence-corrected chi connectivity index (χ4v) is 3.95. The second-order valence-electron chi connectivity index (χ2n) is 7.11. The van der Waals surface area contributed by atoms with Gasteiger partial charge in [-0.05, 0) is 17.7 Å². The van der Waals surface area contributed by atoms with Gasteiger partial charge in [0, 0.05) is 41.9 Å². The molecule has 2 heterocycles. The first-order chi connectivity index (χ1) is 13.0. The molecule has 27 heavy (non-hydrogen) atoms. The molecule has 6 nitrogen and oxygen atoms in total. The maximum atomic E-state index is 12.9. The Morgan fingerprint density at radius 1 is 1.19 bits per heavy atom. The van der Waals surface area contributed by atoms with Crippen LogP contribution in [0.1, 0.15) is 45.1 Å². The number of carbonyl (C=O) groups is 2. The van der Waals surface area contributed by atoms with Gasteiger partial charge in [0.25, 0.3) is 11.8 Å². The highest BCUT2D eigenvalue weighted by Gasteiger charge is 2.55. The molecule has 0 bridgehead atoms. The van der Waals surface area contributed by atoms with Gasteiger partial charge in [0.15, 0.2) is 5.76 Å². The second-order valence-corrected chi connectivity index (χ2v) is 7.55. The first-order valence-corrected chi connectivity index (χ1v) is 9.37. The molecule has 4 atom stereocenters. The molecule has 7 heteroatoms. The maximum Gasteiger partial charge on any atom is 0.286 e. The Morgan fingerprint density at radius 2 is 1.93 bits per heavy atom. The molecule has 1 aliphatic carbocycles. The lowest BCUT2D eigenvalue weighted by atomic mass is 9.96. The number of rotatable bonds is 5. The normalized spacial score (nSPS) is 24.2. The van der Waals surface area contributed by atoms with Gasteiger partial charge in [0.1, 0.15) is 5.76 Å². The summed E-state index contributed by atoms with van der Waals surface area (Å²) in [7, 11) is 1.52. The lowest BCUT2D eigenvalue weighted by Gasteiger charge is -2.13. The minimum Gasteiger partial charge on any atom is -0.454 e. The molecule has 2 aromatic rings. The Balaban J connectivity index is 1.63. The number of nitrogens with one attached hydrogen (secondary N) is 2. The standard InChI is InChI=1S/C20H21ClN2O4/c1-10(11-4-3-5-12(21)6-11)18-13(7-16(27-18)20(25)22-2)19(24)23-17-14-8-26-9-15(14)17/h3-7,10,14-15,17H,8-9H2,1-2H3,(H,22,25)(H,23,24)/t10?,14-,15+,17?. The number of halogens is 1. The lowest BCUT2D eigenvalue weighted by molar-refractivity contribution is 0.0919. The zero-order valence-corrected chi connectivity index (χ0v) is 15.9. The molecular formula is C20H21ClN2O4. The first kappa shape index (κ1) is 18.1. The number of hydrogen-bond acceptors (Lipinski definition) is 4. The molecule has 4 rings (SSSR count). The summed E-state index contributed by atoms with van der Waals surface area (Å²) in [4.78, 5) is 24.9. The van der Waals surface area contributed by atoms with Gasteiger partial charge < -0.3 is 19.8 Å². The largest absolute Gasteiger partial charge is 0.454 e. The average Bonchev–Trinajstić information content (AvgIpc) is 3.07. The third-order valence-corrected chi connectivity index (χ3v) is 5.68. The van der Waals surface area contributed by atoms with Crippen LogP contribution in [0.3, 0.4) is 0 Å². The molecular weight excluding hydrogens is 368 g/mol. The van der Waals surface area contributed by atoms with Gasteiger partial charge in [0.2, 0.25) is 0 Å². The number of benzene rings is 1. The average molecular weight is 389 g/mol. The molecule has 1 aromatic carbocycles. The van der Waals surface area contributed by atoms with E-state index in [4.69, 9.17) is 20.8 Å². The fraction of sp³-hybridized carbons (Fsp3) is 0.400. The zero-order chi connectivity index (χ0) is 19.1. The quantitative estimate of drug-likeness (QED) is 0.825. The highest BCUT2D eigenvalue weighted by molar-refractivity contribution is 6.30. The van der Waals surface area contributed by atoms with Crippen LogP contribution in [-0.2, 0) is 4.74 Å². The number of fused-ring (bicyclic) bond motifs is 1. The second kappa shape index (κ2) is 7.02. The Morgan fingerprint density at radius 3 is 2.59 bits per heavy atom. The van der Waals surface area contributed by atoms with Crippen molar-refractivity contribution in [2.24, 2.45) is 11.8 Å². The van der Waals surface area contributed by atoms with Gasteiger partial charge in [-0.1, -0.05) is 30.7 Å². The molecule has 2 N–H and O–H groups in total. The summed E-state index contributed by atoms with van der Waals surface area (Å²) in [5.74, 6) is 0.537. The highest BCUT2D eigenvalue weighted by Crippen LogP contribution is 2.44. The van der Waals surface area contributed by atoms with E-state index in [0.717, 1.165) is 5.56 Å². The molecule has 2 unspecified atom stereocenters. The molecule has 2 fully saturated rings. The van der Waals surface area contributed by atoms with Gasteiger partial charge in [-0.3, -0.25) is 9.59 Å². The zero-order valence-electron chi connectivity index (χ0n) is 15.1. The minimum absolute atomic E-state index is 0.117. The van der Waals surface area contributed by atoms with Gasteiger partial charge in [-0.25, -0.2) is 0 Å². The molecule has 2 aliphatic rings. The van der Waals surface area contributed by atoms with Crippen molar-refractivity contribution in [2.45, 2.75) is 18.9 Å². The monoisotopic (exact) mass is 388 g/mol. The van der Waals surface area contributed by atoms with Gasteiger partial charge in [-0.15, -0.1) is 0 Å². The van der Waals surface area contributed by atoms with E-state index in [2.05, 4.69) is 10.6 Å². The Hall–Kier alpha value is -2.31. The van der Waals surface area contributed by atoms with Crippen molar-refractivity contribution in [1.82, 2.24) is 10.6 Å². The number of furan rings is 1. The summed E-state index contributed by atoms with van der Waals surface area (Å²) in [6, 6.07) is 9.04. The van der Waals surface area contributed by atoms with Crippen LogP contribution in [0.5, 0.6) is 0 Å². The Labute approximate surface area is 162 Å². The van der Waals surface area contributed by atoms with E-state index in [1.165, 1.54) is 13.1 Å². The molecule has 1 aromatic heterocycles. The smallest absolute Gasteiger partial charge is 0.286 e. The first-order valence-electron chi connectivity index (χ1n) is 8.99. The van der Waals surface area contributed by atoms with E-state index >= 15 is 0 Å². The van der Waals surface area contributed by atoms with Crippen molar-refractivity contribution in [2.75, 3.05) is 20.3 Å². The Kier molecular flexibility index (Phi) is 4.70. The predicted molar refractivity (Wildman–Crippen MR) is 100 cm³/mol. The maximum absolute atomic E-state index is 12.9. The number of hydrogen-bond donors (Lipinski definition) is 2. The van der Waals surface area contributed by atoms with Crippen molar-refractivity contribution >= 4 is 23.4 Å². The van der Waals surface area contributed by atoms with E-state index in [0.29, 0.717) is 41.4 Å². The summed E-state index contributed by atoms with van der Waals surface area (Å²) in [6.07, 6.45) is 0. The van der Waals surface area contributed by atoms with E-state index < -0.39 is 0 Å². The molecule has 0 radical (unpaired) electrons. The van der Waals surface area contributed by atoms with Crippen LogP contribution >= 0.6 is 11.6 Å². The van der Waals surface area contributed by atoms with Gasteiger partial charge >= 0.3 is 0 Å². The van der Waals surface area contributed by atoms with E-state index in [9.17, 15) is 9.59 Å². The molecule has 1 saturated heterocycles. The van der Waals surface area contributed by atoms with Crippen LogP contribution in [0.25, 0.3) is 0 Å². The fourth-order valence-electron chi connectivity index (χ4n) is 3.75. The van der Waals surface area contributed by atoms with Crippen LogP contribution < -0.4 is 10.6 Å². The summed E-state index contributed by atoms with van der Waals surface area (Å²) < 4.78 is 11.2. The van der Waals surface area contributed by atoms with Crippen molar-refractivity contribution in [1.29, 1.82) is 0 Å². The van der Waals surface area contributed by atoms with Crippen LogP contribution in [-0.4, -0.2) is 38.1 Å². The third-order valence-electron chi connectivity index (χ3n) is 5.45. The summed E-state index contributed by atoms with van der Waals surface area (Å²) in [5, 5.41) is 6.20. The van der Waals surface area contributed by atoms with Gasteiger partial charge in [-0.2, -0.15) is 0 Å². The van der Waals surface area contributed by atoms with Crippen LogP contribution in [0.4, 0.5) is 0 Å². The predicted octanol–water partition coefficient (Wildman–Crippen LogP) is 2.82. The molecule has 1 aliphatic heterocycles. The molecule has 0 spiro atoms. The third kappa shape index (κ3) is 3.35. The number of ether oxygens (including phenoxy) is 1. The number of amides is 2. The minimum atomic E-state index is -0.370. The van der Waals surface area contributed by atoms with Gasteiger partial charge in [0.05, 0.1) is 18.8 Å². The SMILES string of the molecule is CNC(=O)c1cc(C(=O)NC2[C@H]3COC[C@@H]23)c(C(C)c2cccc(Cl)c2)o1. The van der Waals surface area contributed by atoms with E-state index in [1.807, 2.05) is 25.1 Å². The number of carbonyl (C=O) groups excluding carboxylic acids is 2. The van der Waals surface area contributed by atoms with Crippen LogP contribution in [0, 0.1) is 11.8 Å². The van der Waals surface area contributed by atoms with Crippen molar-refractivity contribution in [3.63, 3.8) is 0 Å². The van der Waals surface area contributed by atoms with Crippen molar-refractivity contribution in [3.05, 3.63) is 58.0 Å². The summed E-state index contributed by atoms with van der Waals surface area (Å²) in [5.41, 5.74) is 1.29. The topological polar surface area (TPSA) is 80.6 Å². The van der Waals surface area contributed by atoms with E-state index in [-0.39, 0.29) is 29.5 Å². The lowest BCUT2D eigenvalue weighted by Crippen LogP contribution is -2.30. The van der Waals surface area contributed by atoms with Crippen LogP contribution in [0.15, 0.2) is 34.7 Å². The summed E-state index contributed by atoms with van der Waals surface area (Å²) >= 11 is 6.10. The molecule has 1 saturated carbocycles. The van der Waals surface area contributed by atoms with E-state index in [1.54, 1.807) is 6.07 Å². The van der Waals surface area contributed by atoms with Crippen LogP contribution in [0.2, 0.25) is 5.02 Å².